The summed E-state index contributed by atoms with van der Waals surface area (Å²) in [7, 11) is 0. The van der Waals surface area contributed by atoms with Crippen molar-refractivity contribution in [1.82, 2.24) is 4.98 Å². The van der Waals surface area contributed by atoms with Crippen LogP contribution < -0.4 is 4.90 Å². The number of benzene rings is 6. The number of hydrogen-bond donors (Lipinski definition) is 0. The average Bonchev–Trinajstić information content (AvgIpc) is 3.62. The molecule has 0 unspecified atom stereocenters. The minimum Gasteiger partial charge on any atom is -0.309 e. The van der Waals surface area contributed by atoms with E-state index in [-0.39, 0.29) is 0 Å². The van der Waals surface area contributed by atoms with Gasteiger partial charge in [0, 0.05) is 58.6 Å². The average molecular weight is 585 g/mol. The number of hydrogen-bond acceptors (Lipinski definition) is 4. The molecule has 0 saturated carbocycles. The fraction of sp³-hybridized carbons (Fsp3) is 0. The molecule has 0 atom stereocenters. The summed E-state index contributed by atoms with van der Waals surface area (Å²) in [4.78, 5) is 7.06. The van der Waals surface area contributed by atoms with Crippen LogP contribution in [0.15, 0.2) is 146 Å². The van der Waals surface area contributed by atoms with Crippen LogP contribution >= 0.6 is 22.7 Å². The molecule has 9 aromatic rings. The van der Waals surface area contributed by atoms with E-state index in [1.54, 1.807) is 0 Å². The van der Waals surface area contributed by atoms with Crippen molar-refractivity contribution in [1.29, 1.82) is 0 Å². The highest BCUT2D eigenvalue weighted by molar-refractivity contribution is 7.26. The number of rotatable bonds is 4. The van der Waals surface area contributed by atoms with Crippen molar-refractivity contribution in [2.24, 2.45) is 0 Å². The molecule has 0 aliphatic carbocycles. The molecule has 0 N–H and O–H groups in total. The second-order valence-electron chi connectivity index (χ2n) is 10.8. The normalized spacial score (nSPS) is 11.7. The van der Waals surface area contributed by atoms with Gasteiger partial charge in [0.25, 0.3) is 0 Å². The highest BCUT2D eigenvalue weighted by atomic mass is 32.1. The summed E-state index contributed by atoms with van der Waals surface area (Å²) in [6.45, 7) is 0. The SMILES string of the molecule is c1ccc(-c2ccc(N(c3ccc4sc5ccccc5c4c3)c3cccc4c3sc3cc5ncccc5cc34)cc2)cc1. The highest BCUT2D eigenvalue weighted by Crippen LogP contribution is 2.47. The van der Waals surface area contributed by atoms with Gasteiger partial charge in [0.05, 0.1) is 15.9 Å². The molecule has 6 aromatic carbocycles. The summed E-state index contributed by atoms with van der Waals surface area (Å²) in [5.74, 6) is 0. The number of pyridine rings is 1. The minimum atomic E-state index is 1.03. The van der Waals surface area contributed by atoms with Gasteiger partial charge in [-0.1, -0.05) is 78.9 Å². The van der Waals surface area contributed by atoms with Crippen molar-refractivity contribution in [2.75, 3.05) is 4.90 Å². The molecular formula is C39H24N2S2. The fourth-order valence-corrected chi connectivity index (χ4v) is 8.55. The number of aromatic nitrogens is 1. The molecular weight excluding hydrogens is 561 g/mol. The summed E-state index contributed by atoms with van der Waals surface area (Å²) >= 11 is 3.71. The first-order valence-corrected chi connectivity index (χ1v) is 16.0. The Morgan fingerprint density at radius 2 is 1.21 bits per heavy atom. The van der Waals surface area contributed by atoms with Gasteiger partial charge in [-0.2, -0.15) is 0 Å². The molecule has 3 heterocycles. The molecule has 2 nitrogen and oxygen atoms in total. The highest BCUT2D eigenvalue weighted by Gasteiger charge is 2.19. The Bertz CT molecular complexity index is 2450. The number of fused-ring (bicyclic) bond motifs is 7. The van der Waals surface area contributed by atoms with Gasteiger partial charge in [0.15, 0.2) is 0 Å². The van der Waals surface area contributed by atoms with Crippen LogP contribution in [-0.4, -0.2) is 4.98 Å². The minimum absolute atomic E-state index is 1.03. The maximum Gasteiger partial charge on any atom is 0.0716 e. The topological polar surface area (TPSA) is 16.1 Å². The fourth-order valence-electron chi connectivity index (χ4n) is 6.24. The standard InChI is InChI=1S/C39H24N2S2/c1-2-8-25(9-3-1)26-15-17-28(18-16-26)41(29-19-20-37-33(23-29)30-11-4-5-14-36(30)42-37)35-13-6-12-31-32-22-27-10-7-21-40-34(27)24-38(32)43-39(31)35/h1-24H. The van der Waals surface area contributed by atoms with Gasteiger partial charge >= 0.3 is 0 Å². The Kier molecular flexibility index (Phi) is 5.58. The summed E-state index contributed by atoms with van der Waals surface area (Å²) < 4.78 is 5.16. The quantitative estimate of drug-likeness (QED) is 0.205. The van der Waals surface area contributed by atoms with E-state index < -0.39 is 0 Å². The molecule has 202 valence electrons. The third kappa shape index (κ3) is 4.03. The predicted octanol–water partition coefficient (Wildman–Crippen LogP) is 12.1. The zero-order valence-electron chi connectivity index (χ0n) is 23.1. The van der Waals surface area contributed by atoms with Crippen LogP contribution in [-0.2, 0) is 0 Å². The maximum absolute atomic E-state index is 4.63. The molecule has 0 fully saturated rings. The smallest absolute Gasteiger partial charge is 0.0716 e. The van der Waals surface area contributed by atoms with Crippen LogP contribution in [0.1, 0.15) is 0 Å². The Morgan fingerprint density at radius 3 is 2.12 bits per heavy atom. The van der Waals surface area contributed by atoms with E-state index in [4.69, 9.17) is 0 Å². The number of anilines is 3. The van der Waals surface area contributed by atoms with Crippen molar-refractivity contribution < 1.29 is 0 Å². The Labute approximate surface area is 256 Å². The van der Waals surface area contributed by atoms with E-state index in [0.29, 0.717) is 0 Å². The molecule has 0 amide bonds. The summed E-state index contributed by atoms with van der Waals surface area (Å²) in [5, 5.41) is 6.33. The lowest BCUT2D eigenvalue weighted by Gasteiger charge is -2.26. The van der Waals surface area contributed by atoms with E-state index in [0.717, 1.165) is 16.9 Å². The molecule has 43 heavy (non-hydrogen) atoms. The summed E-state index contributed by atoms with van der Waals surface area (Å²) in [5.41, 5.74) is 6.94. The lowest BCUT2D eigenvalue weighted by molar-refractivity contribution is 1.31. The van der Waals surface area contributed by atoms with Crippen molar-refractivity contribution >= 4 is 91.0 Å². The van der Waals surface area contributed by atoms with Crippen LogP contribution in [0.4, 0.5) is 17.1 Å². The summed E-state index contributed by atoms with van der Waals surface area (Å²) in [6, 6.07) is 50.6. The van der Waals surface area contributed by atoms with Gasteiger partial charge in [-0.05, 0) is 71.8 Å². The van der Waals surface area contributed by atoms with Gasteiger partial charge in [-0.3, -0.25) is 4.98 Å². The zero-order valence-corrected chi connectivity index (χ0v) is 24.7. The Hall–Kier alpha value is -5.03. The monoisotopic (exact) mass is 584 g/mol. The lowest BCUT2D eigenvalue weighted by atomic mass is 10.0. The van der Waals surface area contributed by atoms with Crippen LogP contribution in [0.5, 0.6) is 0 Å². The van der Waals surface area contributed by atoms with Gasteiger partial charge in [-0.25, -0.2) is 0 Å². The van der Waals surface area contributed by atoms with Gasteiger partial charge < -0.3 is 4.90 Å². The third-order valence-corrected chi connectivity index (χ3v) is 10.6. The van der Waals surface area contributed by atoms with Crippen LogP contribution in [0.2, 0.25) is 0 Å². The van der Waals surface area contributed by atoms with E-state index in [2.05, 4.69) is 143 Å². The van der Waals surface area contributed by atoms with Crippen molar-refractivity contribution in [2.45, 2.75) is 0 Å². The number of thiophene rings is 2. The Morgan fingerprint density at radius 1 is 0.465 bits per heavy atom. The molecule has 0 aliphatic rings. The molecule has 0 radical (unpaired) electrons. The lowest BCUT2D eigenvalue weighted by Crippen LogP contribution is -2.10. The largest absolute Gasteiger partial charge is 0.309 e. The molecule has 0 spiro atoms. The first-order valence-electron chi connectivity index (χ1n) is 14.4. The van der Waals surface area contributed by atoms with Crippen molar-refractivity contribution in [3.8, 4) is 11.1 Å². The second kappa shape index (κ2) is 9.77. The van der Waals surface area contributed by atoms with E-state index >= 15 is 0 Å². The van der Waals surface area contributed by atoms with Crippen LogP contribution in [0.3, 0.4) is 0 Å². The van der Waals surface area contributed by atoms with Gasteiger partial charge in [0.2, 0.25) is 0 Å². The van der Waals surface area contributed by atoms with Crippen molar-refractivity contribution in [3.05, 3.63) is 146 Å². The molecule has 0 aliphatic heterocycles. The van der Waals surface area contributed by atoms with E-state index in [1.807, 2.05) is 34.9 Å². The van der Waals surface area contributed by atoms with Crippen LogP contribution in [0, 0.1) is 0 Å². The summed E-state index contributed by atoms with van der Waals surface area (Å²) in [6.07, 6.45) is 1.87. The second-order valence-corrected chi connectivity index (χ2v) is 13.0. The van der Waals surface area contributed by atoms with E-state index in [1.165, 1.54) is 62.5 Å². The number of nitrogens with zero attached hydrogens (tertiary/aromatic N) is 2. The molecule has 0 saturated heterocycles. The van der Waals surface area contributed by atoms with Crippen molar-refractivity contribution in [3.63, 3.8) is 0 Å². The van der Waals surface area contributed by atoms with Gasteiger partial charge in [-0.15, -0.1) is 22.7 Å². The molecule has 0 bridgehead atoms. The zero-order chi connectivity index (χ0) is 28.3. The molecule has 9 rings (SSSR count). The van der Waals surface area contributed by atoms with Gasteiger partial charge in [0.1, 0.15) is 0 Å². The maximum atomic E-state index is 4.63. The first-order chi connectivity index (χ1) is 21.3. The predicted molar refractivity (Wildman–Crippen MR) is 188 cm³/mol. The molecule has 3 aromatic heterocycles. The third-order valence-electron chi connectivity index (χ3n) is 8.29. The molecule has 4 heteroatoms. The first kappa shape index (κ1) is 24.6. The van der Waals surface area contributed by atoms with E-state index in [9.17, 15) is 0 Å². The Balaban J connectivity index is 1.29. The van der Waals surface area contributed by atoms with Crippen LogP contribution in [0.25, 0.3) is 62.4 Å².